The van der Waals surface area contributed by atoms with Gasteiger partial charge < -0.3 is 14.6 Å². The first kappa shape index (κ1) is 22.6. The maximum atomic E-state index is 12.2. The zero-order chi connectivity index (χ0) is 23.2. The third-order valence-corrected chi connectivity index (χ3v) is 5.76. The van der Waals surface area contributed by atoms with Crippen molar-refractivity contribution >= 4 is 16.9 Å². The highest BCUT2D eigenvalue weighted by Gasteiger charge is 2.11. The normalized spacial score (nSPS) is 11.0. The summed E-state index contributed by atoms with van der Waals surface area (Å²) < 4.78 is 7.99. The SMILES string of the molecule is Cc1cccc(Cn2c(CCCNC(=O)COc3cc(C)ccc3C)nc3ccccc32)c1. The average Bonchev–Trinajstić information content (AvgIpc) is 3.14. The summed E-state index contributed by atoms with van der Waals surface area (Å²) in [4.78, 5) is 17.1. The van der Waals surface area contributed by atoms with E-state index in [0.717, 1.165) is 53.1 Å². The Balaban J connectivity index is 1.34. The van der Waals surface area contributed by atoms with E-state index < -0.39 is 0 Å². The first-order valence-electron chi connectivity index (χ1n) is 11.5. The third-order valence-electron chi connectivity index (χ3n) is 5.76. The predicted molar refractivity (Wildman–Crippen MR) is 133 cm³/mol. The highest BCUT2D eigenvalue weighted by Crippen LogP contribution is 2.20. The maximum absolute atomic E-state index is 12.2. The van der Waals surface area contributed by atoms with E-state index >= 15 is 0 Å². The Hall–Kier alpha value is -3.60. The van der Waals surface area contributed by atoms with Crippen molar-refractivity contribution in [3.8, 4) is 5.75 Å². The molecule has 0 aliphatic heterocycles. The van der Waals surface area contributed by atoms with E-state index in [1.807, 2.05) is 38.1 Å². The van der Waals surface area contributed by atoms with Crippen LogP contribution in [0.25, 0.3) is 11.0 Å². The second-order valence-corrected chi connectivity index (χ2v) is 8.60. The minimum atomic E-state index is -0.107. The van der Waals surface area contributed by atoms with Gasteiger partial charge in [0.2, 0.25) is 0 Å². The number of benzene rings is 3. The van der Waals surface area contributed by atoms with Crippen LogP contribution in [0.1, 0.15) is 34.5 Å². The van der Waals surface area contributed by atoms with E-state index in [0.29, 0.717) is 6.54 Å². The number of aromatic nitrogens is 2. The Morgan fingerprint density at radius 2 is 1.79 bits per heavy atom. The summed E-state index contributed by atoms with van der Waals surface area (Å²) in [7, 11) is 0. The largest absolute Gasteiger partial charge is 0.483 e. The molecule has 5 nitrogen and oxygen atoms in total. The molecule has 33 heavy (non-hydrogen) atoms. The van der Waals surface area contributed by atoms with Gasteiger partial charge in [-0.25, -0.2) is 4.98 Å². The van der Waals surface area contributed by atoms with Gasteiger partial charge in [0.15, 0.2) is 6.61 Å². The first-order valence-corrected chi connectivity index (χ1v) is 11.5. The Kier molecular flexibility index (Phi) is 7.08. The van der Waals surface area contributed by atoms with Crippen LogP contribution < -0.4 is 10.1 Å². The van der Waals surface area contributed by atoms with Crippen LogP contribution in [0.2, 0.25) is 0 Å². The van der Waals surface area contributed by atoms with Crippen molar-refractivity contribution in [3.05, 3.63) is 94.8 Å². The van der Waals surface area contributed by atoms with Crippen LogP contribution >= 0.6 is 0 Å². The summed E-state index contributed by atoms with van der Waals surface area (Å²) in [5.74, 6) is 1.69. The molecule has 5 heteroatoms. The van der Waals surface area contributed by atoms with Crippen molar-refractivity contribution in [1.29, 1.82) is 0 Å². The fraction of sp³-hybridized carbons (Fsp3) is 0.286. The molecule has 1 N–H and O–H groups in total. The molecule has 0 saturated heterocycles. The third kappa shape index (κ3) is 5.80. The smallest absolute Gasteiger partial charge is 0.257 e. The van der Waals surface area contributed by atoms with Crippen molar-refractivity contribution in [2.75, 3.05) is 13.2 Å². The van der Waals surface area contributed by atoms with Crippen molar-refractivity contribution in [3.63, 3.8) is 0 Å². The molecule has 0 saturated carbocycles. The number of para-hydroxylation sites is 2. The zero-order valence-electron chi connectivity index (χ0n) is 19.6. The molecule has 0 fully saturated rings. The van der Waals surface area contributed by atoms with Gasteiger partial charge in [0, 0.05) is 19.5 Å². The number of nitrogens with one attached hydrogen (secondary N) is 1. The molecule has 0 aliphatic carbocycles. The molecule has 0 aliphatic rings. The number of carbonyl (C=O) groups is 1. The minimum absolute atomic E-state index is 0.0240. The molecule has 1 amide bonds. The number of fused-ring (bicyclic) bond motifs is 1. The van der Waals surface area contributed by atoms with Crippen LogP contribution in [0.15, 0.2) is 66.7 Å². The highest BCUT2D eigenvalue weighted by molar-refractivity contribution is 5.77. The van der Waals surface area contributed by atoms with E-state index in [4.69, 9.17) is 9.72 Å². The predicted octanol–water partition coefficient (Wildman–Crippen LogP) is 5.14. The Morgan fingerprint density at radius 1 is 0.970 bits per heavy atom. The van der Waals surface area contributed by atoms with Gasteiger partial charge in [-0.05, 0) is 62.1 Å². The molecule has 0 atom stereocenters. The summed E-state index contributed by atoms with van der Waals surface area (Å²) >= 11 is 0. The summed E-state index contributed by atoms with van der Waals surface area (Å²) in [5, 5.41) is 2.97. The standard InChI is InChI=1S/C28H31N3O2/c1-20-8-6-9-23(16-20)18-31-25-11-5-4-10-24(25)30-27(31)12-7-15-29-28(32)19-33-26-17-21(2)13-14-22(26)3/h4-6,8-11,13-14,16-17H,7,12,15,18-19H2,1-3H3,(H,29,32). The molecule has 170 valence electrons. The van der Waals surface area contributed by atoms with Gasteiger partial charge in [0.25, 0.3) is 5.91 Å². The van der Waals surface area contributed by atoms with Gasteiger partial charge in [-0.2, -0.15) is 0 Å². The van der Waals surface area contributed by atoms with E-state index in [1.54, 1.807) is 0 Å². The van der Waals surface area contributed by atoms with Gasteiger partial charge in [0.05, 0.1) is 11.0 Å². The van der Waals surface area contributed by atoms with Crippen molar-refractivity contribution < 1.29 is 9.53 Å². The van der Waals surface area contributed by atoms with E-state index in [-0.39, 0.29) is 12.5 Å². The highest BCUT2D eigenvalue weighted by atomic mass is 16.5. The molecule has 0 unspecified atom stereocenters. The molecule has 1 aromatic heterocycles. The molecule has 4 aromatic rings. The monoisotopic (exact) mass is 441 g/mol. The van der Waals surface area contributed by atoms with Gasteiger partial charge in [-0.15, -0.1) is 0 Å². The molecule has 0 bridgehead atoms. The molecule has 0 spiro atoms. The molecule has 4 rings (SSSR count). The zero-order valence-corrected chi connectivity index (χ0v) is 19.6. The maximum Gasteiger partial charge on any atom is 0.257 e. The number of amides is 1. The quantitative estimate of drug-likeness (QED) is 0.366. The number of aryl methyl sites for hydroxylation is 4. The lowest BCUT2D eigenvalue weighted by Crippen LogP contribution is -2.30. The van der Waals surface area contributed by atoms with Crippen molar-refractivity contribution in [1.82, 2.24) is 14.9 Å². The van der Waals surface area contributed by atoms with E-state index in [1.165, 1.54) is 11.1 Å². The fourth-order valence-electron chi connectivity index (χ4n) is 4.02. The average molecular weight is 442 g/mol. The van der Waals surface area contributed by atoms with Crippen molar-refractivity contribution in [2.24, 2.45) is 0 Å². The van der Waals surface area contributed by atoms with E-state index in [9.17, 15) is 4.79 Å². The molecular weight excluding hydrogens is 410 g/mol. The molecule has 1 heterocycles. The minimum Gasteiger partial charge on any atom is -0.483 e. The second kappa shape index (κ2) is 10.3. The summed E-state index contributed by atoms with van der Waals surface area (Å²) in [5.41, 5.74) is 6.80. The number of hydrogen-bond acceptors (Lipinski definition) is 3. The van der Waals surface area contributed by atoms with Gasteiger partial charge in [0.1, 0.15) is 11.6 Å². The van der Waals surface area contributed by atoms with E-state index in [2.05, 4.69) is 59.3 Å². The summed E-state index contributed by atoms with van der Waals surface area (Å²) in [6.07, 6.45) is 1.60. The number of carbonyl (C=O) groups excluding carboxylic acids is 1. The van der Waals surface area contributed by atoms with Crippen LogP contribution in [-0.2, 0) is 17.8 Å². The number of ether oxygens (including phenoxy) is 1. The second-order valence-electron chi connectivity index (χ2n) is 8.60. The number of rotatable bonds is 9. The number of hydrogen-bond donors (Lipinski definition) is 1. The lowest BCUT2D eigenvalue weighted by atomic mass is 10.1. The Labute approximate surface area is 195 Å². The molecular formula is C28H31N3O2. The van der Waals surface area contributed by atoms with Crippen molar-refractivity contribution in [2.45, 2.75) is 40.2 Å². The van der Waals surface area contributed by atoms with Gasteiger partial charge in [-0.3, -0.25) is 4.79 Å². The fourth-order valence-corrected chi connectivity index (χ4v) is 4.02. The van der Waals surface area contributed by atoms with Crippen LogP contribution in [-0.4, -0.2) is 28.6 Å². The summed E-state index contributed by atoms with van der Waals surface area (Å²) in [6, 6.07) is 22.8. The van der Waals surface area contributed by atoms with Crippen LogP contribution in [0.3, 0.4) is 0 Å². The van der Waals surface area contributed by atoms with Gasteiger partial charge >= 0.3 is 0 Å². The molecule has 0 radical (unpaired) electrons. The van der Waals surface area contributed by atoms with Crippen LogP contribution in [0.4, 0.5) is 0 Å². The Morgan fingerprint density at radius 3 is 2.64 bits per heavy atom. The van der Waals surface area contributed by atoms with Crippen LogP contribution in [0, 0.1) is 20.8 Å². The topological polar surface area (TPSA) is 56.2 Å². The number of nitrogens with zero attached hydrogens (tertiary/aromatic N) is 2. The van der Waals surface area contributed by atoms with Crippen LogP contribution in [0.5, 0.6) is 5.75 Å². The first-order chi connectivity index (χ1) is 16.0. The lowest BCUT2D eigenvalue weighted by molar-refractivity contribution is -0.123. The lowest BCUT2D eigenvalue weighted by Gasteiger charge is -2.11. The molecule has 3 aromatic carbocycles. The number of imidazole rings is 1. The Bertz CT molecular complexity index is 1260. The van der Waals surface area contributed by atoms with Gasteiger partial charge in [-0.1, -0.05) is 54.1 Å². The summed E-state index contributed by atoms with van der Waals surface area (Å²) in [6.45, 7) is 7.50.